The molecule has 0 fully saturated rings. The van der Waals surface area contributed by atoms with Gasteiger partial charge in [-0.25, -0.2) is 9.18 Å². The number of halogens is 2. The van der Waals surface area contributed by atoms with E-state index in [1.165, 1.54) is 12.1 Å². The summed E-state index contributed by atoms with van der Waals surface area (Å²) in [6.45, 7) is 4.26. The SMILES string of the molecule is CCn1nc(C)c(Cl)c1COC(=O)c1ccc(N)c(F)c1. The Morgan fingerprint density at radius 2 is 2.24 bits per heavy atom. The van der Waals surface area contributed by atoms with Crippen molar-refractivity contribution in [3.63, 3.8) is 0 Å². The first-order valence-electron chi connectivity index (χ1n) is 6.38. The summed E-state index contributed by atoms with van der Waals surface area (Å²) < 4.78 is 20.1. The van der Waals surface area contributed by atoms with Crippen molar-refractivity contribution in [3.8, 4) is 0 Å². The number of benzene rings is 1. The van der Waals surface area contributed by atoms with Crippen molar-refractivity contribution in [2.45, 2.75) is 27.0 Å². The van der Waals surface area contributed by atoms with E-state index in [-0.39, 0.29) is 17.9 Å². The third-order valence-corrected chi connectivity index (χ3v) is 3.52. The minimum Gasteiger partial charge on any atom is -0.456 e. The fraction of sp³-hybridized carbons (Fsp3) is 0.286. The first kappa shape index (κ1) is 15.3. The molecule has 21 heavy (non-hydrogen) atoms. The average molecular weight is 312 g/mol. The number of carbonyl (C=O) groups is 1. The van der Waals surface area contributed by atoms with Gasteiger partial charge < -0.3 is 10.5 Å². The van der Waals surface area contributed by atoms with Gasteiger partial charge in [-0.3, -0.25) is 4.68 Å². The number of nitrogen functional groups attached to an aromatic ring is 1. The van der Waals surface area contributed by atoms with Crippen LogP contribution in [-0.2, 0) is 17.9 Å². The molecule has 0 aliphatic carbocycles. The topological polar surface area (TPSA) is 70.1 Å². The van der Waals surface area contributed by atoms with Crippen LogP contribution >= 0.6 is 11.6 Å². The van der Waals surface area contributed by atoms with Gasteiger partial charge >= 0.3 is 5.97 Å². The fourth-order valence-corrected chi connectivity index (χ4v) is 2.07. The zero-order valence-electron chi connectivity index (χ0n) is 11.7. The van der Waals surface area contributed by atoms with Gasteiger partial charge in [-0.05, 0) is 32.0 Å². The molecule has 1 heterocycles. The van der Waals surface area contributed by atoms with Crippen molar-refractivity contribution in [1.29, 1.82) is 0 Å². The van der Waals surface area contributed by atoms with Crippen molar-refractivity contribution < 1.29 is 13.9 Å². The van der Waals surface area contributed by atoms with E-state index in [4.69, 9.17) is 22.1 Å². The molecule has 0 saturated heterocycles. The largest absolute Gasteiger partial charge is 0.456 e. The van der Waals surface area contributed by atoms with Crippen LogP contribution in [0.2, 0.25) is 5.02 Å². The molecule has 2 rings (SSSR count). The highest BCUT2D eigenvalue weighted by Crippen LogP contribution is 2.21. The van der Waals surface area contributed by atoms with Gasteiger partial charge in [0.25, 0.3) is 0 Å². The van der Waals surface area contributed by atoms with Gasteiger partial charge in [-0.15, -0.1) is 0 Å². The second kappa shape index (κ2) is 6.13. The molecule has 0 spiro atoms. The van der Waals surface area contributed by atoms with E-state index in [0.717, 1.165) is 6.07 Å². The van der Waals surface area contributed by atoms with Crippen LogP contribution in [0.1, 0.15) is 28.7 Å². The number of anilines is 1. The number of nitrogens with two attached hydrogens (primary N) is 1. The maximum absolute atomic E-state index is 13.3. The molecule has 0 radical (unpaired) electrons. The van der Waals surface area contributed by atoms with Crippen LogP contribution < -0.4 is 5.73 Å². The molecule has 0 aliphatic heterocycles. The fourth-order valence-electron chi connectivity index (χ4n) is 1.88. The Hall–Kier alpha value is -2.08. The van der Waals surface area contributed by atoms with E-state index in [1.54, 1.807) is 11.6 Å². The minimum atomic E-state index is -0.656. The zero-order valence-corrected chi connectivity index (χ0v) is 12.4. The number of ether oxygens (including phenoxy) is 1. The summed E-state index contributed by atoms with van der Waals surface area (Å²) in [5.41, 5.74) is 6.72. The number of aromatic nitrogens is 2. The third kappa shape index (κ3) is 3.16. The van der Waals surface area contributed by atoms with Gasteiger partial charge in [-0.2, -0.15) is 5.10 Å². The van der Waals surface area contributed by atoms with Crippen molar-refractivity contribution in [2.75, 3.05) is 5.73 Å². The van der Waals surface area contributed by atoms with Crippen LogP contribution in [0.5, 0.6) is 0 Å². The van der Waals surface area contributed by atoms with Crippen molar-refractivity contribution in [3.05, 3.63) is 46.0 Å². The zero-order chi connectivity index (χ0) is 15.6. The molecule has 0 atom stereocenters. The van der Waals surface area contributed by atoms with Gasteiger partial charge in [0.05, 0.1) is 27.7 Å². The smallest absolute Gasteiger partial charge is 0.338 e. The van der Waals surface area contributed by atoms with Crippen molar-refractivity contribution in [2.24, 2.45) is 0 Å². The number of aryl methyl sites for hydroxylation is 2. The molecule has 1 aromatic heterocycles. The van der Waals surface area contributed by atoms with Crippen LogP contribution in [0.25, 0.3) is 0 Å². The minimum absolute atomic E-state index is 0.0192. The van der Waals surface area contributed by atoms with E-state index in [2.05, 4.69) is 5.10 Å². The second-order valence-corrected chi connectivity index (χ2v) is 4.85. The lowest BCUT2D eigenvalue weighted by atomic mass is 10.2. The lowest BCUT2D eigenvalue weighted by molar-refractivity contribution is 0.0462. The van der Waals surface area contributed by atoms with Crippen LogP contribution in [0.3, 0.4) is 0 Å². The molecule has 0 aliphatic rings. The first-order chi connectivity index (χ1) is 9.93. The van der Waals surface area contributed by atoms with Crippen molar-refractivity contribution >= 4 is 23.3 Å². The highest BCUT2D eigenvalue weighted by atomic mass is 35.5. The van der Waals surface area contributed by atoms with Crippen molar-refractivity contribution in [1.82, 2.24) is 9.78 Å². The Balaban J connectivity index is 2.12. The molecular weight excluding hydrogens is 297 g/mol. The summed E-state index contributed by atoms with van der Waals surface area (Å²) in [6.07, 6.45) is 0. The molecule has 1 aromatic carbocycles. The summed E-state index contributed by atoms with van der Waals surface area (Å²) in [5.74, 6) is -1.30. The van der Waals surface area contributed by atoms with Crippen LogP contribution in [0.15, 0.2) is 18.2 Å². The maximum Gasteiger partial charge on any atom is 0.338 e. The Morgan fingerprint density at radius 1 is 1.52 bits per heavy atom. The van der Waals surface area contributed by atoms with E-state index < -0.39 is 11.8 Å². The Kier molecular flexibility index (Phi) is 4.47. The Labute approximate surface area is 126 Å². The van der Waals surface area contributed by atoms with E-state index in [9.17, 15) is 9.18 Å². The maximum atomic E-state index is 13.3. The van der Waals surface area contributed by atoms with E-state index in [1.807, 2.05) is 6.92 Å². The third-order valence-electron chi connectivity index (χ3n) is 3.03. The number of carbonyl (C=O) groups excluding carboxylic acids is 1. The van der Waals surface area contributed by atoms with Gasteiger partial charge in [0.15, 0.2) is 0 Å². The standard InChI is InChI=1S/C14H15ClFN3O2/c1-3-19-12(13(15)8(2)18-19)7-21-14(20)9-4-5-11(17)10(16)6-9/h4-6H,3,7,17H2,1-2H3. The molecule has 5 nitrogen and oxygen atoms in total. The predicted octanol–water partition coefficient (Wildman–Crippen LogP) is 2.94. The van der Waals surface area contributed by atoms with Crippen LogP contribution in [-0.4, -0.2) is 15.7 Å². The second-order valence-electron chi connectivity index (χ2n) is 4.47. The van der Waals surface area contributed by atoms with Crippen LogP contribution in [0, 0.1) is 12.7 Å². The molecule has 0 amide bonds. The predicted molar refractivity (Wildman–Crippen MR) is 77.6 cm³/mol. The molecule has 7 heteroatoms. The molecular formula is C14H15ClFN3O2. The number of nitrogens with zero attached hydrogens (tertiary/aromatic N) is 2. The molecule has 0 saturated carbocycles. The molecule has 112 valence electrons. The number of esters is 1. The monoisotopic (exact) mass is 311 g/mol. The molecule has 2 aromatic rings. The highest BCUT2D eigenvalue weighted by molar-refractivity contribution is 6.31. The summed E-state index contributed by atoms with van der Waals surface area (Å²) in [7, 11) is 0. The van der Waals surface area contributed by atoms with Gasteiger partial charge in [-0.1, -0.05) is 11.6 Å². The van der Waals surface area contributed by atoms with E-state index >= 15 is 0 Å². The van der Waals surface area contributed by atoms with Crippen LogP contribution in [0.4, 0.5) is 10.1 Å². The Bertz CT molecular complexity index is 685. The molecule has 2 N–H and O–H groups in total. The van der Waals surface area contributed by atoms with Gasteiger partial charge in [0, 0.05) is 6.54 Å². The lowest BCUT2D eigenvalue weighted by Crippen LogP contribution is -2.10. The normalized spacial score (nSPS) is 10.7. The number of rotatable bonds is 4. The summed E-state index contributed by atoms with van der Waals surface area (Å²) in [6, 6.07) is 3.77. The molecule has 0 bridgehead atoms. The van der Waals surface area contributed by atoms with Gasteiger partial charge in [0.1, 0.15) is 12.4 Å². The Morgan fingerprint density at radius 3 is 2.86 bits per heavy atom. The molecule has 0 unspecified atom stereocenters. The summed E-state index contributed by atoms with van der Waals surface area (Å²) >= 11 is 6.12. The lowest BCUT2D eigenvalue weighted by Gasteiger charge is -2.08. The highest BCUT2D eigenvalue weighted by Gasteiger charge is 2.16. The number of hydrogen-bond donors (Lipinski definition) is 1. The first-order valence-corrected chi connectivity index (χ1v) is 6.75. The quantitative estimate of drug-likeness (QED) is 0.696. The van der Waals surface area contributed by atoms with Gasteiger partial charge in [0.2, 0.25) is 0 Å². The number of hydrogen-bond acceptors (Lipinski definition) is 4. The van der Waals surface area contributed by atoms with E-state index in [0.29, 0.717) is 23.0 Å². The average Bonchev–Trinajstić information content (AvgIpc) is 2.74. The summed E-state index contributed by atoms with van der Waals surface area (Å²) in [4.78, 5) is 11.9. The summed E-state index contributed by atoms with van der Waals surface area (Å²) in [5, 5.41) is 4.69.